The number of aromatic nitrogens is 1. The number of benzene rings is 1. The zero-order valence-corrected chi connectivity index (χ0v) is 14.2. The predicted octanol–water partition coefficient (Wildman–Crippen LogP) is 4.98. The number of thioether (sulfide) groups is 2. The van der Waals surface area contributed by atoms with E-state index in [-0.39, 0.29) is 0 Å². The molecule has 1 aromatic carbocycles. The van der Waals surface area contributed by atoms with Crippen molar-refractivity contribution in [2.45, 2.75) is 23.8 Å². The van der Waals surface area contributed by atoms with Crippen LogP contribution < -0.4 is 0 Å². The van der Waals surface area contributed by atoms with E-state index in [1.54, 1.807) is 11.3 Å². The van der Waals surface area contributed by atoms with Gasteiger partial charge in [-0.15, -0.1) is 23.1 Å². The van der Waals surface area contributed by atoms with E-state index in [2.05, 4.69) is 30.1 Å². The van der Waals surface area contributed by atoms with Gasteiger partial charge in [0.1, 0.15) is 5.01 Å². The van der Waals surface area contributed by atoms with Crippen LogP contribution in [-0.2, 0) is 0 Å². The monoisotopic (exact) mass is 332 g/mol. The second kappa shape index (κ2) is 6.87. The van der Waals surface area contributed by atoms with Crippen molar-refractivity contribution < 1.29 is 0 Å². The average molecular weight is 333 g/mol. The van der Waals surface area contributed by atoms with Crippen molar-refractivity contribution in [1.82, 2.24) is 4.98 Å². The highest BCUT2D eigenvalue weighted by atomic mass is 32.2. The molecule has 1 aliphatic heterocycles. The van der Waals surface area contributed by atoms with Gasteiger partial charge in [-0.1, -0.05) is 19.1 Å². The van der Waals surface area contributed by atoms with Gasteiger partial charge in [0, 0.05) is 27.7 Å². The van der Waals surface area contributed by atoms with Crippen LogP contribution in [0.25, 0.3) is 11.3 Å². The van der Waals surface area contributed by atoms with Crippen molar-refractivity contribution in [2.24, 2.45) is 0 Å². The molecule has 0 saturated carbocycles. The van der Waals surface area contributed by atoms with Gasteiger partial charge in [-0.25, -0.2) is 4.98 Å². The van der Waals surface area contributed by atoms with Crippen LogP contribution in [0.3, 0.4) is 0 Å². The molecule has 0 bridgehead atoms. The Labute approximate surface area is 138 Å². The molecule has 2 atom stereocenters. The molecule has 1 saturated heterocycles. The third-order valence-electron chi connectivity index (χ3n) is 3.51. The number of nitrogens with zero attached hydrogens (tertiary/aromatic N) is 2. The second-order valence-corrected chi connectivity index (χ2v) is 8.36. The van der Waals surface area contributed by atoms with Gasteiger partial charge in [0.25, 0.3) is 0 Å². The van der Waals surface area contributed by atoms with E-state index >= 15 is 0 Å². The Morgan fingerprint density at radius 3 is 3.00 bits per heavy atom. The van der Waals surface area contributed by atoms with Crippen LogP contribution in [0, 0.1) is 11.3 Å². The summed E-state index contributed by atoms with van der Waals surface area (Å²) in [7, 11) is 0. The maximum Gasteiger partial charge on any atom is 0.107 e. The van der Waals surface area contributed by atoms with Gasteiger partial charge in [-0.2, -0.15) is 17.0 Å². The quantitative estimate of drug-likeness (QED) is 0.794. The largest absolute Gasteiger partial charge is 0.240 e. The topological polar surface area (TPSA) is 36.7 Å². The highest BCUT2D eigenvalue weighted by Gasteiger charge is 2.28. The van der Waals surface area contributed by atoms with Crippen LogP contribution in [0.15, 0.2) is 29.6 Å². The summed E-state index contributed by atoms with van der Waals surface area (Å²) in [5, 5.41) is 13.6. The van der Waals surface area contributed by atoms with Gasteiger partial charge < -0.3 is 0 Å². The Morgan fingerprint density at radius 2 is 2.19 bits per heavy atom. The van der Waals surface area contributed by atoms with Gasteiger partial charge in [-0.3, -0.25) is 0 Å². The van der Waals surface area contributed by atoms with Crippen LogP contribution in [-0.4, -0.2) is 21.7 Å². The molecule has 1 aromatic heterocycles. The molecule has 2 heterocycles. The summed E-state index contributed by atoms with van der Waals surface area (Å²) in [5.41, 5.74) is 2.73. The lowest BCUT2D eigenvalue weighted by Gasteiger charge is -2.28. The molecular formula is C16H16N2S3. The van der Waals surface area contributed by atoms with E-state index in [0.717, 1.165) is 11.3 Å². The first-order chi connectivity index (χ1) is 10.3. The first-order valence-corrected chi connectivity index (χ1v) is 9.98. The number of rotatable bonds is 3. The minimum atomic E-state index is 0.520. The normalized spacial score (nSPS) is 21.9. The highest BCUT2D eigenvalue weighted by Crippen LogP contribution is 2.45. The summed E-state index contributed by atoms with van der Waals surface area (Å²) in [6.45, 7) is 2.27. The third kappa shape index (κ3) is 3.28. The lowest BCUT2D eigenvalue weighted by Crippen LogP contribution is -2.18. The molecule has 3 rings (SSSR count). The van der Waals surface area contributed by atoms with E-state index in [4.69, 9.17) is 10.2 Å². The molecule has 0 radical (unpaired) electrons. The molecule has 2 unspecified atom stereocenters. The fourth-order valence-electron chi connectivity index (χ4n) is 2.43. The standard InChI is InChI=1S/C16H16N2S3/c1-2-14-15(20-7-6-19-14)16-18-13(10-21-16)12-5-3-4-11(8-12)9-17/h3-5,8,10,14-15H,2,6-7H2,1H3. The summed E-state index contributed by atoms with van der Waals surface area (Å²) >= 11 is 5.88. The van der Waals surface area contributed by atoms with Crippen molar-refractivity contribution in [2.75, 3.05) is 11.5 Å². The predicted molar refractivity (Wildman–Crippen MR) is 94.0 cm³/mol. The fourth-order valence-corrected chi connectivity index (χ4v) is 6.70. The SMILES string of the molecule is CCC1SCCSC1c1nc(-c2cccc(C#N)c2)cs1. The fraction of sp³-hybridized carbons (Fsp3) is 0.375. The lowest BCUT2D eigenvalue weighted by atomic mass is 10.1. The molecule has 0 aliphatic carbocycles. The highest BCUT2D eigenvalue weighted by molar-refractivity contribution is 8.06. The maximum absolute atomic E-state index is 9.01. The van der Waals surface area contributed by atoms with E-state index in [0.29, 0.717) is 16.1 Å². The summed E-state index contributed by atoms with van der Waals surface area (Å²) in [4.78, 5) is 4.85. The first-order valence-electron chi connectivity index (χ1n) is 7.01. The summed E-state index contributed by atoms with van der Waals surface area (Å²) in [6.07, 6.45) is 1.20. The molecular weight excluding hydrogens is 316 g/mol. The van der Waals surface area contributed by atoms with Gasteiger partial charge in [0.05, 0.1) is 22.6 Å². The Balaban J connectivity index is 1.87. The smallest absolute Gasteiger partial charge is 0.107 e. The number of hydrogen-bond donors (Lipinski definition) is 0. The zero-order chi connectivity index (χ0) is 14.7. The molecule has 0 spiro atoms. The van der Waals surface area contributed by atoms with Gasteiger partial charge in [-0.05, 0) is 18.6 Å². The van der Waals surface area contributed by atoms with E-state index in [1.165, 1.54) is 22.9 Å². The van der Waals surface area contributed by atoms with Crippen LogP contribution in [0.5, 0.6) is 0 Å². The third-order valence-corrected chi connectivity index (χ3v) is 7.84. The van der Waals surface area contributed by atoms with Gasteiger partial charge >= 0.3 is 0 Å². The molecule has 1 aliphatic rings. The van der Waals surface area contributed by atoms with E-state index in [9.17, 15) is 0 Å². The summed E-state index contributed by atoms with van der Waals surface area (Å²) < 4.78 is 0. The van der Waals surface area contributed by atoms with Crippen molar-refractivity contribution >= 4 is 34.9 Å². The molecule has 0 amide bonds. The molecule has 21 heavy (non-hydrogen) atoms. The zero-order valence-electron chi connectivity index (χ0n) is 11.8. The average Bonchev–Trinajstić information content (AvgIpc) is 3.04. The summed E-state index contributed by atoms with van der Waals surface area (Å²) in [5.74, 6) is 2.47. The maximum atomic E-state index is 9.01. The van der Waals surface area contributed by atoms with Crippen LogP contribution >= 0.6 is 34.9 Å². The Bertz CT molecular complexity index is 660. The Kier molecular flexibility index (Phi) is 4.89. The second-order valence-electron chi connectivity index (χ2n) is 4.87. The lowest BCUT2D eigenvalue weighted by molar-refractivity contribution is 0.789. The van der Waals surface area contributed by atoms with Gasteiger partial charge in [0.15, 0.2) is 0 Å². The Hall–Kier alpha value is -0.960. The molecule has 108 valence electrons. The molecule has 0 N–H and O–H groups in total. The van der Waals surface area contributed by atoms with Crippen LogP contribution in [0.2, 0.25) is 0 Å². The molecule has 2 nitrogen and oxygen atoms in total. The van der Waals surface area contributed by atoms with Crippen LogP contribution in [0.1, 0.15) is 29.2 Å². The number of thiazole rings is 1. The molecule has 5 heteroatoms. The van der Waals surface area contributed by atoms with Crippen molar-refractivity contribution in [3.05, 3.63) is 40.2 Å². The molecule has 2 aromatic rings. The molecule has 1 fully saturated rings. The van der Waals surface area contributed by atoms with E-state index < -0.39 is 0 Å². The van der Waals surface area contributed by atoms with Crippen molar-refractivity contribution in [3.8, 4) is 17.3 Å². The van der Waals surface area contributed by atoms with Crippen LogP contribution in [0.4, 0.5) is 0 Å². The Morgan fingerprint density at radius 1 is 1.33 bits per heavy atom. The minimum Gasteiger partial charge on any atom is -0.240 e. The van der Waals surface area contributed by atoms with E-state index in [1.807, 2.05) is 36.0 Å². The number of hydrogen-bond acceptors (Lipinski definition) is 5. The van der Waals surface area contributed by atoms with Crippen molar-refractivity contribution in [3.63, 3.8) is 0 Å². The summed E-state index contributed by atoms with van der Waals surface area (Å²) in [6, 6.07) is 9.89. The van der Waals surface area contributed by atoms with Crippen molar-refractivity contribution in [1.29, 1.82) is 5.26 Å². The number of nitriles is 1. The van der Waals surface area contributed by atoms with Gasteiger partial charge in [0.2, 0.25) is 0 Å². The minimum absolute atomic E-state index is 0.520. The first kappa shape index (κ1) is 15.0.